The molecule has 3 amide bonds. The Hall–Kier alpha value is -2.25. The van der Waals surface area contributed by atoms with Crippen LogP contribution >= 0.6 is 27.5 Å². The summed E-state index contributed by atoms with van der Waals surface area (Å²) in [6, 6.07) is 12.4. The van der Waals surface area contributed by atoms with Crippen LogP contribution < -0.4 is 15.4 Å². The number of halogens is 2. The summed E-state index contributed by atoms with van der Waals surface area (Å²) in [4.78, 5) is 26.7. The van der Waals surface area contributed by atoms with Crippen molar-refractivity contribution in [2.24, 2.45) is 5.92 Å². The third-order valence-electron chi connectivity index (χ3n) is 4.97. The third-order valence-corrected chi connectivity index (χ3v) is 5.80. The quantitative estimate of drug-likeness (QED) is 0.647. The van der Waals surface area contributed by atoms with Gasteiger partial charge in [-0.1, -0.05) is 39.7 Å². The highest BCUT2D eigenvalue weighted by molar-refractivity contribution is 9.10. The molecule has 1 saturated heterocycles. The molecule has 1 aliphatic rings. The molecule has 0 radical (unpaired) electrons. The molecular formula is C21H23BrClN3O3. The normalized spacial score (nSPS) is 14.4. The number of carbonyl (C=O) groups excluding carboxylic acids is 2. The van der Waals surface area contributed by atoms with Crippen LogP contribution in [-0.2, 0) is 0 Å². The van der Waals surface area contributed by atoms with E-state index in [9.17, 15) is 9.59 Å². The Morgan fingerprint density at radius 1 is 1.21 bits per heavy atom. The number of nitrogens with zero attached hydrogens (tertiary/aromatic N) is 1. The Bertz CT molecular complexity index is 885. The molecule has 29 heavy (non-hydrogen) atoms. The lowest BCUT2D eigenvalue weighted by Gasteiger charge is -2.32. The maximum atomic E-state index is 12.5. The summed E-state index contributed by atoms with van der Waals surface area (Å²) >= 11 is 9.47. The van der Waals surface area contributed by atoms with Gasteiger partial charge in [0.25, 0.3) is 5.91 Å². The third kappa shape index (κ3) is 5.64. The standard InChI is InChI=1S/C21H23BrClN3O3/c1-29-19-5-3-2-4-18(19)25-21(28)26-10-8-14(9-11-26)13-24-20(27)16-12-15(22)6-7-17(16)23/h2-7,12,14H,8-11,13H2,1H3,(H,24,27)(H,25,28). The van der Waals surface area contributed by atoms with Gasteiger partial charge < -0.3 is 20.3 Å². The molecule has 2 aromatic carbocycles. The van der Waals surface area contributed by atoms with E-state index < -0.39 is 0 Å². The van der Waals surface area contributed by atoms with E-state index in [4.69, 9.17) is 16.3 Å². The second-order valence-electron chi connectivity index (χ2n) is 6.90. The Kier molecular flexibility index (Phi) is 7.39. The number of nitrogens with one attached hydrogen (secondary N) is 2. The van der Waals surface area contributed by atoms with Crippen molar-refractivity contribution in [1.82, 2.24) is 10.2 Å². The summed E-state index contributed by atoms with van der Waals surface area (Å²) in [5, 5.41) is 6.28. The van der Waals surface area contributed by atoms with Gasteiger partial charge in [0.05, 0.1) is 23.4 Å². The van der Waals surface area contributed by atoms with Gasteiger partial charge in [0.15, 0.2) is 0 Å². The summed E-state index contributed by atoms with van der Waals surface area (Å²) in [6.45, 7) is 1.84. The Labute approximate surface area is 183 Å². The van der Waals surface area contributed by atoms with E-state index in [2.05, 4.69) is 26.6 Å². The van der Waals surface area contributed by atoms with Crippen molar-refractivity contribution >= 4 is 45.2 Å². The first-order valence-corrected chi connectivity index (χ1v) is 10.6. The first kappa shape index (κ1) is 21.5. The minimum atomic E-state index is -0.187. The molecular weight excluding hydrogens is 458 g/mol. The first-order chi connectivity index (χ1) is 14.0. The molecule has 0 aliphatic carbocycles. The van der Waals surface area contributed by atoms with Gasteiger partial charge >= 0.3 is 6.03 Å². The van der Waals surface area contributed by atoms with Crippen LogP contribution in [0, 0.1) is 5.92 Å². The van der Waals surface area contributed by atoms with Gasteiger partial charge in [0.1, 0.15) is 5.75 Å². The number of anilines is 1. The fourth-order valence-electron chi connectivity index (χ4n) is 3.29. The van der Waals surface area contributed by atoms with Gasteiger partial charge in [-0.25, -0.2) is 4.79 Å². The zero-order valence-electron chi connectivity index (χ0n) is 16.1. The van der Waals surface area contributed by atoms with Crippen molar-refractivity contribution in [2.45, 2.75) is 12.8 Å². The molecule has 0 saturated carbocycles. The number of amides is 3. The highest BCUT2D eigenvalue weighted by atomic mass is 79.9. The highest BCUT2D eigenvalue weighted by Gasteiger charge is 2.24. The topological polar surface area (TPSA) is 70.7 Å². The number of carbonyl (C=O) groups is 2. The lowest BCUT2D eigenvalue weighted by molar-refractivity contribution is 0.0939. The number of hydrogen-bond donors (Lipinski definition) is 2. The zero-order valence-corrected chi connectivity index (χ0v) is 18.4. The van der Waals surface area contributed by atoms with Crippen molar-refractivity contribution in [1.29, 1.82) is 0 Å². The molecule has 154 valence electrons. The van der Waals surface area contributed by atoms with E-state index in [0.29, 0.717) is 47.6 Å². The fraction of sp³-hybridized carbons (Fsp3) is 0.333. The lowest BCUT2D eigenvalue weighted by Crippen LogP contribution is -2.43. The number of methoxy groups -OCH3 is 1. The second-order valence-corrected chi connectivity index (χ2v) is 8.22. The van der Waals surface area contributed by atoms with Gasteiger partial charge in [0.2, 0.25) is 0 Å². The number of hydrogen-bond acceptors (Lipinski definition) is 3. The monoisotopic (exact) mass is 479 g/mol. The minimum absolute atomic E-state index is 0.141. The highest BCUT2D eigenvalue weighted by Crippen LogP contribution is 2.25. The number of rotatable bonds is 5. The number of piperidine rings is 1. The van der Waals surface area contributed by atoms with Gasteiger partial charge in [-0.2, -0.15) is 0 Å². The molecule has 1 fully saturated rings. The molecule has 6 nitrogen and oxygen atoms in total. The lowest BCUT2D eigenvalue weighted by atomic mass is 9.97. The van der Waals surface area contributed by atoms with Gasteiger partial charge in [-0.05, 0) is 49.1 Å². The number of benzene rings is 2. The molecule has 0 unspecified atom stereocenters. The number of urea groups is 1. The van der Waals surface area contributed by atoms with E-state index in [1.54, 1.807) is 30.2 Å². The van der Waals surface area contributed by atoms with Gasteiger partial charge in [-0.3, -0.25) is 4.79 Å². The van der Waals surface area contributed by atoms with Crippen LogP contribution in [0.5, 0.6) is 5.75 Å². The molecule has 2 N–H and O–H groups in total. The van der Waals surface area contributed by atoms with Crippen LogP contribution in [0.25, 0.3) is 0 Å². The second kappa shape index (κ2) is 9.98. The first-order valence-electron chi connectivity index (χ1n) is 9.40. The van der Waals surface area contributed by atoms with Gasteiger partial charge in [0, 0.05) is 24.1 Å². The Morgan fingerprint density at radius 2 is 1.93 bits per heavy atom. The van der Waals surface area contributed by atoms with Crippen LogP contribution in [0.1, 0.15) is 23.2 Å². The maximum Gasteiger partial charge on any atom is 0.321 e. The molecule has 0 atom stereocenters. The van der Waals surface area contributed by atoms with Crippen molar-refractivity contribution in [2.75, 3.05) is 32.1 Å². The van der Waals surface area contributed by atoms with Crippen LogP contribution in [-0.4, -0.2) is 43.6 Å². The van der Waals surface area contributed by atoms with Crippen LogP contribution in [0.15, 0.2) is 46.9 Å². The molecule has 0 aromatic heterocycles. The van der Waals surface area contributed by atoms with Crippen molar-refractivity contribution < 1.29 is 14.3 Å². The average Bonchev–Trinajstić information content (AvgIpc) is 2.74. The SMILES string of the molecule is COc1ccccc1NC(=O)N1CCC(CNC(=O)c2cc(Br)ccc2Cl)CC1. The van der Waals surface area contributed by atoms with E-state index in [0.717, 1.165) is 17.3 Å². The number of ether oxygens (including phenoxy) is 1. The van der Waals surface area contributed by atoms with Crippen molar-refractivity contribution in [3.63, 3.8) is 0 Å². The average molecular weight is 481 g/mol. The Balaban J connectivity index is 1.47. The Morgan fingerprint density at radius 3 is 2.66 bits per heavy atom. The van der Waals surface area contributed by atoms with Gasteiger partial charge in [-0.15, -0.1) is 0 Å². The van der Waals surface area contributed by atoms with Crippen LogP contribution in [0.3, 0.4) is 0 Å². The fourth-order valence-corrected chi connectivity index (χ4v) is 3.85. The summed E-state index contributed by atoms with van der Waals surface area (Å²) in [7, 11) is 1.58. The number of likely N-dealkylation sites (tertiary alicyclic amines) is 1. The van der Waals surface area contributed by atoms with E-state index in [-0.39, 0.29) is 11.9 Å². The summed E-state index contributed by atoms with van der Waals surface area (Å²) < 4.78 is 6.08. The van der Waals surface area contributed by atoms with E-state index >= 15 is 0 Å². The van der Waals surface area contributed by atoms with Crippen LogP contribution in [0.2, 0.25) is 5.02 Å². The molecule has 1 aliphatic heterocycles. The van der Waals surface area contributed by atoms with Crippen molar-refractivity contribution in [3.8, 4) is 5.75 Å². The number of para-hydroxylation sites is 2. The van der Waals surface area contributed by atoms with Crippen LogP contribution in [0.4, 0.5) is 10.5 Å². The molecule has 0 bridgehead atoms. The smallest absolute Gasteiger partial charge is 0.321 e. The molecule has 1 heterocycles. The zero-order chi connectivity index (χ0) is 20.8. The van der Waals surface area contributed by atoms with E-state index in [1.165, 1.54) is 0 Å². The molecule has 0 spiro atoms. The largest absolute Gasteiger partial charge is 0.495 e. The maximum absolute atomic E-state index is 12.5. The predicted octanol–water partition coefficient (Wildman–Crippen LogP) is 4.79. The summed E-state index contributed by atoms with van der Waals surface area (Å²) in [5.41, 5.74) is 1.11. The molecule has 8 heteroatoms. The molecule has 3 rings (SSSR count). The van der Waals surface area contributed by atoms with E-state index in [1.807, 2.05) is 24.3 Å². The minimum Gasteiger partial charge on any atom is -0.495 e. The predicted molar refractivity (Wildman–Crippen MR) is 118 cm³/mol. The summed E-state index contributed by atoms with van der Waals surface area (Å²) in [6.07, 6.45) is 1.65. The summed E-state index contributed by atoms with van der Waals surface area (Å²) in [5.74, 6) is 0.762. The molecule has 2 aromatic rings. The van der Waals surface area contributed by atoms with Crippen molar-refractivity contribution in [3.05, 3.63) is 57.5 Å².